The van der Waals surface area contributed by atoms with Crippen molar-refractivity contribution in [1.29, 1.82) is 0 Å². The van der Waals surface area contributed by atoms with E-state index >= 15 is 0 Å². The van der Waals surface area contributed by atoms with Gasteiger partial charge in [0.2, 0.25) is 0 Å². The standard InChI is InChI=1S/C12H14IN3/c1-2-14-7-10-4-3-5-12(6-10)16-9-11(13)8-15-16/h3-6,8-9,14H,2,7H2,1H3. The summed E-state index contributed by atoms with van der Waals surface area (Å²) in [5.41, 5.74) is 2.39. The van der Waals surface area contributed by atoms with Crippen LogP contribution in [-0.4, -0.2) is 16.3 Å². The van der Waals surface area contributed by atoms with Gasteiger partial charge in [-0.25, -0.2) is 4.68 Å². The molecule has 16 heavy (non-hydrogen) atoms. The molecule has 0 saturated carbocycles. The third kappa shape index (κ3) is 2.82. The molecule has 1 N–H and O–H groups in total. The topological polar surface area (TPSA) is 29.9 Å². The lowest BCUT2D eigenvalue weighted by Gasteiger charge is -2.05. The molecule has 2 rings (SSSR count). The van der Waals surface area contributed by atoms with Crippen molar-refractivity contribution in [2.24, 2.45) is 0 Å². The summed E-state index contributed by atoms with van der Waals surface area (Å²) in [6.07, 6.45) is 3.88. The maximum atomic E-state index is 4.30. The quantitative estimate of drug-likeness (QED) is 0.875. The van der Waals surface area contributed by atoms with E-state index in [1.165, 1.54) is 5.56 Å². The van der Waals surface area contributed by atoms with E-state index in [1.807, 2.05) is 17.1 Å². The summed E-state index contributed by atoms with van der Waals surface area (Å²) in [5.74, 6) is 0. The van der Waals surface area contributed by atoms with E-state index in [-0.39, 0.29) is 0 Å². The van der Waals surface area contributed by atoms with E-state index < -0.39 is 0 Å². The highest BCUT2D eigenvalue weighted by Gasteiger charge is 1.99. The Morgan fingerprint density at radius 3 is 3.00 bits per heavy atom. The van der Waals surface area contributed by atoms with E-state index in [4.69, 9.17) is 0 Å². The van der Waals surface area contributed by atoms with Crippen molar-refractivity contribution < 1.29 is 0 Å². The van der Waals surface area contributed by atoms with E-state index in [1.54, 1.807) is 0 Å². The highest BCUT2D eigenvalue weighted by molar-refractivity contribution is 14.1. The summed E-state index contributed by atoms with van der Waals surface area (Å²) in [6, 6.07) is 8.42. The van der Waals surface area contributed by atoms with Crippen LogP contribution in [0.1, 0.15) is 12.5 Å². The highest BCUT2D eigenvalue weighted by Crippen LogP contribution is 2.11. The first-order valence-electron chi connectivity index (χ1n) is 5.30. The minimum Gasteiger partial charge on any atom is -0.313 e. The molecule has 0 aliphatic heterocycles. The van der Waals surface area contributed by atoms with Crippen LogP contribution in [0.2, 0.25) is 0 Å². The zero-order valence-electron chi connectivity index (χ0n) is 9.15. The van der Waals surface area contributed by atoms with Crippen LogP contribution in [0.25, 0.3) is 5.69 Å². The number of rotatable bonds is 4. The molecule has 1 aromatic carbocycles. The second-order valence-corrected chi connectivity index (χ2v) is 4.80. The lowest BCUT2D eigenvalue weighted by Crippen LogP contribution is -2.11. The SMILES string of the molecule is CCNCc1cccc(-n2cc(I)cn2)c1. The maximum absolute atomic E-state index is 4.30. The van der Waals surface area contributed by atoms with Gasteiger partial charge in [-0.15, -0.1) is 0 Å². The zero-order valence-corrected chi connectivity index (χ0v) is 11.3. The Morgan fingerprint density at radius 2 is 2.31 bits per heavy atom. The number of nitrogens with one attached hydrogen (secondary N) is 1. The molecule has 84 valence electrons. The Bertz CT molecular complexity index is 465. The first-order chi connectivity index (χ1) is 7.79. The fraction of sp³-hybridized carbons (Fsp3) is 0.250. The second kappa shape index (κ2) is 5.45. The molecular formula is C12H14IN3. The minimum atomic E-state index is 0.905. The monoisotopic (exact) mass is 327 g/mol. The van der Waals surface area contributed by atoms with Crippen LogP contribution in [0, 0.1) is 3.57 Å². The molecule has 1 aromatic heterocycles. The highest BCUT2D eigenvalue weighted by atomic mass is 127. The molecule has 0 saturated heterocycles. The van der Waals surface area contributed by atoms with Gasteiger partial charge >= 0.3 is 0 Å². The third-order valence-electron chi connectivity index (χ3n) is 2.31. The number of halogens is 1. The summed E-state index contributed by atoms with van der Waals surface area (Å²) < 4.78 is 3.05. The van der Waals surface area contributed by atoms with Crippen molar-refractivity contribution >= 4 is 22.6 Å². The molecule has 0 radical (unpaired) electrons. The molecular weight excluding hydrogens is 313 g/mol. The molecule has 4 heteroatoms. The molecule has 0 aliphatic carbocycles. The van der Waals surface area contributed by atoms with E-state index in [0.717, 1.165) is 22.3 Å². The third-order valence-corrected chi connectivity index (χ3v) is 2.86. The predicted molar refractivity (Wildman–Crippen MR) is 73.7 cm³/mol. The minimum absolute atomic E-state index is 0.905. The molecule has 0 spiro atoms. The first kappa shape index (κ1) is 11.6. The van der Waals surface area contributed by atoms with Crippen LogP contribution in [-0.2, 0) is 6.54 Å². The number of nitrogens with zero attached hydrogens (tertiary/aromatic N) is 2. The van der Waals surface area contributed by atoms with E-state index in [9.17, 15) is 0 Å². The summed E-state index contributed by atoms with van der Waals surface area (Å²) in [4.78, 5) is 0. The van der Waals surface area contributed by atoms with Gasteiger partial charge in [0.05, 0.1) is 15.5 Å². The Labute approximate surface area is 109 Å². The summed E-state index contributed by atoms with van der Waals surface area (Å²) in [6.45, 7) is 4.01. The molecule has 0 aliphatic rings. The number of benzene rings is 1. The van der Waals surface area contributed by atoms with Crippen LogP contribution in [0.4, 0.5) is 0 Å². The normalized spacial score (nSPS) is 10.6. The second-order valence-electron chi connectivity index (χ2n) is 3.55. The summed E-state index contributed by atoms with van der Waals surface area (Å²) in [5, 5.41) is 7.61. The largest absolute Gasteiger partial charge is 0.313 e. The fourth-order valence-corrected chi connectivity index (χ4v) is 1.91. The van der Waals surface area contributed by atoms with Crippen molar-refractivity contribution in [2.45, 2.75) is 13.5 Å². The van der Waals surface area contributed by atoms with E-state index in [0.29, 0.717) is 0 Å². The van der Waals surface area contributed by atoms with Crippen LogP contribution in [0.5, 0.6) is 0 Å². The molecule has 0 amide bonds. The maximum Gasteiger partial charge on any atom is 0.0649 e. The van der Waals surface area contributed by atoms with Gasteiger partial charge in [0, 0.05) is 12.7 Å². The lowest BCUT2D eigenvalue weighted by molar-refractivity contribution is 0.725. The van der Waals surface area contributed by atoms with Gasteiger partial charge in [0.1, 0.15) is 0 Å². The Hall–Kier alpha value is -0.880. The molecule has 0 unspecified atom stereocenters. The van der Waals surface area contributed by atoms with Crippen molar-refractivity contribution in [3.8, 4) is 5.69 Å². The van der Waals surface area contributed by atoms with Crippen LogP contribution < -0.4 is 5.32 Å². The average molecular weight is 327 g/mol. The van der Waals surface area contributed by atoms with Crippen LogP contribution >= 0.6 is 22.6 Å². The number of aromatic nitrogens is 2. The number of hydrogen-bond acceptors (Lipinski definition) is 2. The molecule has 0 bridgehead atoms. The lowest BCUT2D eigenvalue weighted by atomic mass is 10.2. The molecule has 1 heterocycles. The van der Waals surface area contributed by atoms with Gasteiger partial charge in [-0.05, 0) is 46.8 Å². The zero-order chi connectivity index (χ0) is 11.4. The van der Waals surface area contributed by atoms with Crippen LogP contribution in [0.15, 0.2) is 36.7 Å². The smallest absolute Gasteiger partial charge is 0.0649 e. The Balaban J connectivity index is 2.22. The molecule has 0 atom stereocenters. The number of hydrogen-bond donors (Lipinski definition) is 1. The van der Waals surface area contributed by atoms with Crippen molar-refractivity contribution in [1.82, 2.24) is 15.1 Å². The van der Waals surface area contributed by atoms with Gasteiger partial charge in [-0.1, -0.05) is 19.1 Å². The molecule has 3 nitrogen and oxygen atoms in total. The molecule has 0 fully saturated rings. The van der Waals surface area contributed by atoms with Gasteiger partial charge in [0.25, 0.3) is 0 Å². The first-order valence-corrected chi connectivity index (χ1v) is 6.37. The fourth-order valence-electron chi connectivity index (χ4n) is 1.52. The van der Waals surface area contributed by atoms with Gasteiger partial charge in [-0.2, -0.15) is 5.10 Å². The summed E-state index contributed by atoms with van der Waals surface area (Å²) >= 11 is 2.26. The molecule has 2 aromatic rings. The van der Waals surface area contributed by atoms with E-state index in [2.05, 4.69) is 64.2 Å². The van der Waals surface area contributed by atoms with Crippen molar-refractivity contribution in [3.05, 3.63) is 45.8 Å². The Morgan fingerprint density at radius 1 is 1.44 bits per heavy atom. The Kier molecular flexibility index (Phi) is 3.95. The average Bonchev–Trinajstić information content (AvgIpc) is 2.74. The van der Waals surface area contributed by atoms with Crippen LogP contribution in [0.3, 0.4) is 0 Å². The summed E-state index contributed by atoms with van der Waals surface area (Å²) in [7, 11) is 0. The predicted octanol–water partition coefficient (Wildman–Crippen LogP) is 2.59. The van der Waals surface area contributed by atoms with Crippen molar-refractivity contribution in [2.75, 3.05) is 6.54 Å². The van der Waals surface area contributed by atoms with Gasteiger partial charge in [-0.3, -0.25) is 0 Å². The van der Waals surface area contributed by atoms with Gasteiger partial charge in [0.15, 0.2) is 0 Å². The van der Waals surface area contributed by atoms with Gasteiger partial charge < -0.3 is 5.32 Å². The van der Waals surface area contributed by atoms with Crippen molar-refractivity contribution in [3.63, 3.8) is 0 Å².